The summed E-state index contributed by atoms with van der Waals surface area (Å²) in [5.41, 5.74) is 2.38. The molecule has 1 aliphatic heterocycles. The summed E-state index contributed by atoms with van der Waals surface area (Å²) < 4.78 is 11.0. The van der Waals surface area contributed by atoms with Crippen LogP contribution in [-0.4, -0.2) is 57.4 Å². The molecule has 0 aliphatic carbocycles. The number of ether oxygens (including phenoxy) is 2. The Morgan fingerprint density at radius 1 is 1.09 bits per heavy atom. The van der Waals surface area contributed by atoms with Gasteiger partial charge in [-0.1, -0.05) is 30.3 Å². The summed E-state index contributed by atoms with van der Waals surface area (Å²) in [6.45, 7) is 8.52. The van der Waals surface area contributed by atoms with Crippen LogP contribution in [0.5, 0.6) is 0 Å². The van der Waals surface area contributed by atoms with Crippen LogP contribution in [0.15, 0.2) is 46.8 Å². The molecule has 1 unspecified atom stereocenters. The smallest absolute Gasteiger partial charge is 0.191 e. The summed E-state index contributed by atoms with van der Waals surface area (Å²) >= 11 is 1.84. The van der Waals surface area contributed by atoms with Crippen molar-refractivity contribution in [3.8, 4) is 0 Å². The van der Waals surface area contributed by atoms with Gasteiger partial charge in [0.05, 0.1) is 25.9 Å². The molecule has 0 bridgehead atoms. The lowest BCUT2D eigenvalue weighted by atomic mass is 10.1. The van der Waals surface area contributed by atoms with Crippen LogP contribution in [0.1, 0.15) is 41.8 Å². The number of guanidine groups is 1. The number of benzene rings is 1. The van der Waals surface area contributed by atoms with Crippen LogP contribution >= 0.6 is 35.3 Å². The van der Waals surface area contributed by atoms with E-state index in [1.807, 2.05) is 25.3 Å². The van der Waals surface area contributed by atoms with Crippen LogP contribution in [0, 0.1) is 0 Å². The predicted molar refractivity (Wildman–Crippen MR) is 144 cm³/mol. The number of hydrogen-bond donors (Lipinski definition) is 2. The maximum Gasteiger partial charge on any atom is 0.191 e. The molecule has 1 aliphatic rings. The Kier molecular flexibility index (Phi) is 13.2. The van der Waals surface area contributed by atoms with Gasteiger partial charge in [-0.05, 0) is 55.4 Å². The van der Waals surface area contributed by atoms with Crippen LogP contribution in [0.25, 0.3) is 0 Å². The molecule has 1 aromatic carbocycles. The number of nitrogens with zero attached hydrogens (tertiary/aromatic N) is 2. The number of nitrogens with one attached hydrogen (secondary N) is 2. The van der Waals surface area contributed by atoms with E-state index in [-0.39, 0.29) is 24.0 Å². The molecule has 1 aromatic heterocycles. The largest absolute Gasteiger partial charge is 0.379 e. The third-order valence-corrected chi connectivity index (χ3v) is 6.41. The molecule has 0 spiro atoms. The van der Waals surface area contributed by atoms with Crippen LogP contribution in [0.4, 0.5) is 0 Å². The lowest BCUT2D eigenvalue weighted by molar-refractivity contribution is 0.0453. The summed E-state index contributed by atoms with van der Waals surface area (Å²) in [6.07, 6.45) is 2.58. The molecule has 1 saturated heterocycles. The molecule has 0 radical (unpaired) electrons. The number of rotatable bonds is 12. The summed E-state index contributed by atoms with van der Waals surface area (Å²) in [5, 5.41) is 9.16. The SMILES string of the molecule is CCOCCOCc1cccc(CNC(=NC)NCC(c2cccs2)N2CCCC2)c1.I. The average Bonchev–Trinajstić information content (AvgIpc) is 3.51. The fourth-order valence-corrected chi connectivity index (χ4v) is 4.69. The lowest BCUT2D eigenvalue weighted by Crippen LogP contribution is -2.42. The number of likely N-dealkylation sites (tertiary alicyclic amines) is 1. The first-order valence-corrected chi connectivity index (χ1v) is 12.1. The molecule has 8 heteroatoms. The minimum atomic E-state index is 0. The highest BCUT2D eigenvalue weighted by atomic mass is 127. The van der Waals surface area contributed by atoms with Gasteiger partial charge in [0.25, 0.3) is 0 Å². The molecule has 2 N–H and O–H groups in total. The van der Waals surface area contributed by atoms with Gasteiger partial charge in [-0.2, -0.15) is 0 Å². The quantitative estimate of drug-likeness (QED) is 0.171. The summed E-state index contributed by atoms with van der Waals surface area (Å²) in [6, 6.07) is 13.3. The van der Waals surface area contributed by atoms with Crippen molar-refractivity contribution in [2.24, 2.45) is 4.99 Å². The second kappa shape index (κ2) is 15.6. The van der Waals surface area contributed by atoms with E-state index in [0.717, 1.165) is 25.7 Å². The minimum absolute atomic E-state index is 0. The van der Waals surface area contributed by atoms with Crippen LogP contribution in [0.2, 0.25) is 0 Å². The zero-order valence-electron chi connectivity index (χ0n) is 19.2. The molecule has 0 saturated carbocycles. The van der Waals surface area contributed by atoms with E-state index < -0.39 is 0 Å². The molecule has 178 valence electrons. The van der Waals surface area contributed by atoms with Gasteiger partial charge in [-0.15, -0.1) is 35.3 Å². The van der Waals surface area contributed by atoms with Crippen LogP contribution < -0.4 is 10.6 Å². The first-order valence-electron chi connectivity index (χ1n) is 11.3. The highest BCUT2D eigenvalue weighted by Gasteiger charge is 2.24. The molecule has 6 nitrogen and oxygen atoms in total. The third kappa shape index (κ3) is 8.97. The van der Waals surface area contributed by atoms with Gasteiger partial charge in [0.1, 0.15) is 0 Å². The van der Waals surface area contributed by atoms with Gasteiger partial charge in [0.2, 0.25) is 0 Å². The van der Waals surface area contributed by atoms with Gasteiger partial charge < -0.3 is 20.1 Å². The van der Waals surface area contributed by atoms with Crippen molar-refractivity contribution in [2.75, 3.05) is 46.5 Å². The first-order chi connectivity index (χ1) is 15.3. The van der Waals surface area contributed by atoms with Crippen molar-refractivity contribution < 1.29 is 9.47 Å². The molecule has 1 atom stereocenters. The molecule has 32 heavy (non-hydrogen) atoms. The van der Waals surface area contributed by atoms with E-state index in [2.05, 4.69) is 62.3 Å². The van der Waals surface area contributed by atoms with E-state index in [1.54, 1.807) is 0 Å². The zero-order valence-corrected chi connectivity index (χ0v) is 22.4. The summed E-state index contributed by atoms with van der Waals surface area (Å²) in [7, 11) is 1.83. The Bertz CT molecular complexity index is 782. The van der Waals surface area contributed by atoms with Gasteiger partial charge in [0.15, 0.2) is 5.96 Å². The standard InChI is InChI=1S/C24H36N4O2S.HI/c1-3-29-13-14-30-19-21-9-6-8-20(16-21)17-26-24(25-2)27-18-22(23-10-7-15-31-23)28-11-4-5-12-28;/h6-10,15-16,22H,3-5,11-14,17-19H2,1-2H3,(H2,25,26,27);1H. The predicted octanol–water partition coefficient (Wildman–Crippen LogP) is 4.42. The number of thiophene rings is 1. The van der Waals surface area contributed by atoms with Crippen LogP contribution in [0.3, 0.4) is 0 Å². The average molecular weight is 573 g/mol. The molecule has 1 fully saturated rings. The van der Waals surface area contributed by atoms with Crippen LogP contribution in [-0.2, 0) is 22.6 Å². The second-order valence-corrected chi connectivity index (χ2v) is 8.63. The Balaban J connectivity index is 0.00000363. The molecule has 2 aromatic rings. The molecular weight excluding hydrogens is 535 g/mol. The van der Waals surface area contributed by atoms with E-state index in [4.69, 9.17) is 9.47 Å². The Labute approximate surface area is 213 Å². The molecule has 2 heterocycles. The first kappa shape index (κ1) is 27.0. The van der Waals surface area contributed by atoms with Crippen molar-refractivity contribution in [1.82, 2.24) is 15.5 Å². The third-order valence-electron chi connectivity index (χ3n) is 5.44. The highest BCUT2D eigenvalue weighted by molar-refractivity contribution is 14.0. The maximum absolute atomic E-state index is 5.69. The topological polar surface area (TPSA) is 58.1 Å². The fourth-order valence-electron chi connectivity index (χ4n) is 3.83. The Hall–Kier alpha value is -1.20. The minimum Gasteiger partial charge on any atom is -0.379 e. The highest BCUT2D eigenvalue weighted by Crippen LogP contribution is 2.27. The number of hydrogen-bond acceptors (Lipinski definition) is 5. The second-order valence-electron chi connectivity index (χ2n) is 7.65. The van der Waals surface area contributed by atoms with Gasteiger partial charge in [-0.25, -0.2) is 0 Å². The summed E-state index contributed by atoms with van der Waals surface area (Å²) in [5.74, 6) is 0.833. The van der Waals surface area contributed by atoms with E-state index >= 15 is 0 Å². The fraction of sp³-hybridized carbons (Fsp3) is 0.542. The molecular formula is C24H37IN4O2S. The van der Waals surface area contributed by atoms with E-state index in [9.17, 15) is 0 Å². The zero-order chi connectivity index (χ0) is 21.7. The van der Waals surface area contributed by atoms with Crippen molar-refractivity contribution in [3.05, 3.63) is 57.8 Å². The lowest BCUT2D eigenvalue weighted by Gasteiger charge is -2.27. The Morgan fingerprint density at radius 2 is 1.88 bits per heavy atom. The van der Waals surface area contributed by atoms with Crippen molar-refractivity contribution >= 4 is 41.3 Å². The van der Waals surface area contributed by atoms with Crippen molar-refractivity contribution in [1.29, 1.82) is 0 Å². The number of halogens is 1. The number of aliphatic imine (C=N–C) groups is 1. The Morgan fingerprint density at radius 3 is 2.59 bits per heavy atom. The maximum atomic E-state index is 5.69. The summed E-state index contributed by atoms with van der Waals surface area (Å²) in [4.78, 5) is 8.43. The molecule has 0 amide bonds. The van der Waals surface area contributed by atoms with E-state index in [0.29, 0.717) is 25.9 Å². The molecule has 3 rings (SSSR count). The van der Waals surface area contributed by atoms with Gasteiger partial charge >= 0.3 is 0 Å². The van der Waals surface area contributed by atoms with Gasteiger partial charge in [0, 0.05) is 31.6 Å². The van der Waals surface area contributed by atoms with Gasteiger partial charge in [-0.3, -0.25) is 9.89 Å². The van der Waals surface area contributed by atoms with E-state index in [1.165, 1.54) is 41.9 Å². The monoisotopic (exact) mass is 572 g/mol. The normalized spacial score (nSPS) is 15.4. The van der Waals surface area contributed by atoms with Crippen molar-refractivity contribution in [2.45, 2.75) is 39.0 Å². The van der Waals surface area contributed by atoms with Crippen molar-refractivity contribution in [3.63, 3.8) is 0 Å².